The van der Waals surface area contributed by atoms with Gasteiger partial charge in [-0.2, -0.15) is 0 Å². The van der Waals surface area contributed by atoms with Crippen molar-refractivity contribution in [2.75, 3.05) is 6.54 Å². The lowest BCUT2D eigenvalue weighted by atomic mass is 10.00. The maximum atomic E-state index is 13.7. The fourth-order valence-electron chi connectivity index (χ4n) is 8.57. The van der Waals surface area contributed by atoms with Crippen LogP contribution in [0, 0.1) is 23.7 Å². The fourth-order valence-corrected chi connectivity index (χ4v) is 8.57. The smallest absolute Gasteiger partial charge is 0.326 e. The molecule has 0 aliphatic carbocycles. The van der Waals surface area contributed by atoms with Crippen LogP contribution >= 0.6 is 0 Å². The summed E-state index contributed by atoms with van der Waals surface area (Å²) >= 11 is 0. The first-order valence-electron chi connectivity index (χ1n) is 28.4. The predicted octanol–water partition coefficient (Wildman–Crippen LogP) is -4.11. The van der Waals surface area contributed by atoms with E-state index in [2.05, 4.69) is 58.5 Å². The molecule has 0 spiro atoms. The van der Waals surface area contributed by atoms with E-state index < -0.39 is 180 Å². The van der Waals surface area contributed by atoms with E-state index in [1.807, 2.05) is 0 Å². The number of carboxylic acids is 1. The Labute approximate surface area is 490 Å². The number of aliphatic hydroxyl groups is 1. The van der Waals surface area contributed by atoms with Crippen molar-refractivity contribution in [1.82, 2.24) is 63.4 Å². The van der Waals surface area contributed by atoms with Gasteiger partial charge in [0.15, 0.2) is 0 Å². The molecule has 0 aromatic heterocycles. The van der Waals surface area contributed by atoms with Gasteiger partial charge in [-0.05, 0) is 104 Å². The number of carbonyl (C=O) groups excluding carboxylic acids is 13. The Hall–Kier alpha value is -7.50. The van der Waals surface area contributed by atoms with Gasteiger partial charge in [0, 0.05) is 6.54 Å². The second-order valence-corrected chi connectivity index (χ2v) is 23.2. The van der Waals surface area contributed by atoms with Crippen LogP contribution < -0.4 is 70.0 Å². The first-order chi connectivity index (χ1) is 38.8. The first-order valence-corrected chi connectivity index (χ1v) is 28.4. The van der Waals surface area contributed by atoms with Crippen molar-refractivity contribution < 1.29 is 77.3 Å². The number of hydrogen-bond acceptors (Lipinski definition) is 16. The summed E-state index contributed by atoms with van der Waals surface area (Å²) in [7, 11) is 0. The van der Waals surface area contributed by atoms with Crippen molar-refractivity contribution >= 4 is 82.8 Å². The molecular formula is C54H94N14O16. The van der Waals surface area contributed by atoms with Gasteiger partial charge >= 0.3 is 5.97 Å². The number of carboxylic acid groups (broad SMARTS) is 1. The van der Waals surface area contributed by atoms with Crippen molar-refractivity contribution in [3.8, 4) is 0 Å². The van der Waals surface area contributed by atoms with Crippen molar-refractivity contribution in [2.24, 2.45) is 35.1 Å². The Bertz CT molecular complexity index is 2370. The molecule has 0 unspecified atom stereocenters. The van der Waals surface area contributed by atoms with Crippen LogP contribution in [0.4, 0.5) is 0 Å². The molecule has 30 nitrogen and oxygen atoms in total. The molecule has 1 saturated heterocycles. The van der Waals surface area contributed by atoms with Crippen molar-refractivity contribution in [3.63, 3.8) is 0 Å². The van der Waals surface area contributed by atoms with E-state index in [0.29, 0.717) is 6.42 Å². The number of amides is 13. The van der Waals surface area contributed by atoms with Crippen LogP contribution in [0.1, 0.15) is 142 Å². The molecule has 0 aromatic carbocycles. The molecule has 14 atom stereocenters. The topological polar surface area (TPSA) is 467 Å². The number of rotatable bonds is 34. The number of nitrogens with one attached hydrogen (secondary N) is 11. The second-order valence-electron chi connectivity index (χ2n) is 23.2. The van der Waals surface area contributed by atoms with Gasteiger partial charge in [-0.3, -0.25) is 62.3 Å². The number of carbonyl (C=O) groups is 14. The van der Waals surface area contributed by atoms with Gasteiger partial charge in [-0.15, -0.1) is 0 Å². The summed E-state index contributed by atoms with van der Waals surface area (Å²) in [5.74, 6) is -12.7. The Balaban J connectivity index is 2.91. The van der Waals surface area contributed by atoms with Crippen LogP contribution in [0.25, 0.3) is 0 Å². The van der Waals surface area contributed by atoms with Crippen LogP contribution in [0.3, 0.4) is 0 Å². The number of nitrogens with two attached hydrogens (primary N) is 2. The van der Waals surface area contributed by atoms with E-state index in [-0.39, 0.29) is 50.0 Å². The number of aliphatic carboxylic acids is 1. The summed E-state index contributed by atoms with van der Waals surface area (Å²) in [5, 5.41) is 47.6. The highest BCUT2D eigenvalue weighted by molar-refractivity contribution is 5.99. The Kier molecular flexibility index (Phi) is 31.0. The van der Waals surface area contributed by atoms with E-state index in [4.69, 9.17) is 11.5 Å². The molecule has 476 valence electrons. The molecule has 17 N–H and O–H groups in total. The van der Waals surface area contributed by atoms with Gasteiger partial charge in [0.2, 0.25) is 76.8 Å². The summed E-state index contributed by atoms with van der Waals surface area (Å²) < 4.78 is 0. The van der Waals surface area contributed by atoms with E-state index in [1.165, 1.54) is 53.4 Å². The number of primary amides is 1. The molecule has 1 rings (SSSR count). The normalized spacial score (nSPS) is 17.8. The summed E-state index contributed by atoms with van der Waals surface area (Å²) in [6, 6.07) is -16.4. The highest BCUT2D eigenvalue weighted by Gasteiger charge is 2.40. The molecule has 13 amide bonds. The van der Waals surface area contributed by atoms with Crippen LogP contribution in [-0.4, -0.2) is 189 Å². The zero-order valence-corrected chi connectivity index (χ0v) is 51.1. The number of nitrogens with zero attached hydrogens (tertiary/aromatic N) is 1. The van der Waals surface area contributed by atoms with Gasteiger partial charge in [-0.25, -0.2) is 4.79 Å². The van der Waals surface area contributed by atoms with Crippen LogP contribution in [0.2, 0.25) is 0 Å². The SMILES string of the molecule is CC(C)C[C@H](NC(=O)[C@H](C)NC(=O)[C@H](C)NC(=O)[C@H](C)NC(=O)[C@H](CC(C)C)NC(=O)[C@@H](N)CC(N)=O)C(=O)N[C@@H](C)C(=O)N[C@@H](C)C(=O)N[C@@H](C)C(=O)N[C@H](C(=O)N[C@H](C(=O)N[C@@H](CC(C)C)C(=O)N1CCC[C@H]1C(=O)O)[C@@H](C)O)C(C)C. The largest absolute Gasteiger partial charge is 0.480 e. The average molecular weight is 1200 g/mol. The fraction of sp³-hybridized carbons (Fsp3) is 0.741. The van der Waals surface area contributed by atoms with E-state index in [1.54, 1.807) is 55.4 Å². The first kappa shape index (κ1) is 74.5. The third-order valence-corrected chi connectivity index (χ3v) is 13.4. The molecule has 0 aromatic rings. The molecule has 0 radical (unpaired) electrons. The number of likely N-dealkylation sites (tertiary alicyclic amines) is 1. The average Bonchev–Trinajstić information content (AvgIpc) is 4.13. The molecule has 1 heterocycles. The van der Waals surface area contributed by atoms with E-state index in [0.717, 1.165) is 0 Å². The van der Waals surface area contributed by atoms with Gasteiger partial charge < -0.3 is 85.1 Å². The third-order valence-electron chi connectivity index (χ3n) is 13.4. The van der Waals surface area contributed by atoms with Crippen LogP contribution in [0.5, 0.6) is 0 Å². The van der Waals surface area contributed by atoms with Crippen LogP contribution in [0.15, 0.2) is 0 Å². The zero-order valence-electron chi connectivity index (χ0n) is 51.1. The summed E-state index contributed by atoms with van der Waals surface area (Å²) in [6.45, 7) is 23.2. The van der Waals surface area contributed by atoms with Crippen molar-refractivity contribution in [3.05, 3.63) is 0 Å². The zero-order chi connectivity index (χ0) is 64.8. The van der Waals surface area contributed by atoms with E-state index >= 15 is 0 Å². The predicted molar refractivity (Wildman–Crippen MR) is 304 cm³/mol. The minimum absolute atomic E-state index is 0.0803. The maximum absolute atomic E-state index is 13.7. The molecule has 0 saturated carbocycles. The van der Waals surface area contributed by atoms with Gasteiger partial charge in [0.05, 0.1) is 18.6 Å². The van der Waals surface area contributed by atoms with Crippen molar-refractivity contribution in [2.45, 2.75) is 227 Å². The highest BCUT2D eigenvalue weighted by Crippen LogP contribution is 2.21. The molecule has 1 fully saturated rings. The summed E-state index contributed by atoms with van der Waals surface area (Å²) in [6.07, 6.45) is -0.900. The Morgan fingerprint density at radius 2 is 0.738 bits per heavy atom. The summed E-state index contributed by atoms with van der Waals surface area (Å²) in [4.78, 5) is 184. The molecule has 30 heteroatoms. The van der Waals surface area contributed by atoms with Crippen LogP contribution in [-0.2, 0) is 67.1 Å². The Morgan fingerprint density at radius 3 is 1.08 bits per heavy atom. The lowest BCUT2D eigenvalue weighted by Gasteiger charge is -2.31. The second kappa shape index (κ2) is 34.9. The quantitative estimate of drug-likeness (QED) is 0.0291. The third kappa shape index (κ3) is 25.2. The lowest BCUT2D eigenvalue weighted by Crippen LogP contribution is -2.62. The number of hydrogen-bond donors (Lipinski definition) is 15. The minimum Gasteiger partial charge on any atom is -0.480 e. The molecular weight excluding hydrogens is 1100 g/mol. The van der Waals surface area contributed by atoms with Gasteiger partial charge in [0.25, 0.3) is 0 Å². The molecule has 0 bridgehead atoms. The summed E-state index contributed by atoms with van der Waals surface area (Å²) in [5.41, 5.74) is 10.8. The minimum atomic E-state index is -1.62. The highest BCUT2D eigenvalue weighted by atomic mass is 16.4. The lowest BCUT2D eigenvalue weighted by molar-refractivity contribution is -0.149. The van der Waals surface area contributed by atoms with Gasteiger partial charge in [-0.1, -0.05) is 55.4 Å². The Morgan fingerprint density at radius 1 is 0.429 bits per heavy atom. The standard InChI is InChI=1S/C54H94N14O16/c1-23(2)19-35(63-46(75)31(13)59-42(71)27(9)57-45(74)30(12)62-50(79)36(20-24(3)4)64-48(77)34(55)22-39(56)70)49(78)61-29(11)44(73)58-28(10)43(72)60-32(14)47(76)66-40(26(7)8)51(80)67-41(33(15)69)52(81)65-37(21-25(5)6)53(82)68-18-16-17-38(68)54(83)84/h23-38,40-41,69H,16-22,55H2,1-15H3,(H2,56,70)(H,57,74)(H,58,73)(H,59,71)(H,60,72)(H,61,78)(H,62,79)(H,63,75)(H,64,77)(H,65,81)(H,66,76)(H,67,80)(H,83,84)/t27-,28-,29-,30-,31-,32-,33+,34-,35-,36-,37-,38-,40-,41-/m0/s1. The number of aliphatic hydroxyl groups excluding tert-OH is 1. The van der Waals surface area contributed by atoms with Gasteiger partial charge in [0.1, 0.15) is 72.5 Å². The molecule has 1 aliphatic rings. The molecule has 84 heavy (non-hydrogen) atoms. The maximum Gasteiger partial charge on any atom is 0.326 e. The molecule has 1 aliphatic heterocycles. The van der Waals surface area contributed by atoms with E-state index in [9.17, 15) is 77.3 Å². The monoisotopic (exact) mass is 1190 g/mol. The van der Waals surface area contributed by atoms with Crippen molar-refractivity contribution in [1.29, 1.82) is 0 Å².